The van der Waals surface area contributed by atoms with Gasteiger partial charge in [-0.1, -0.05) is 13.8 Å². The van der Waals surface area contributed by atoms with Gasteiger partial charge in [0.2, 0.25) is 0 Å². The molecular weight excluding hydrogens is 250 g/mol. The van der Waals surface area contributed by atoms with E-state index in [9.17, 15) is 0 Å². The fraction of sp³-hybridized carbons (Fsp3) is 0.938. The second kappa shape index (κ2) is 5.55. The van der Waals surface area contributed by atoms with Gasteiger partial charge in [0.05, 0.1) is 6.10 Å². The standard InChI is InChI=1S/C16H29N3O/c1-16(2)10-14(16)18-15(17-3)19-8-6-13(7-9-19)20-11-12-4-5-12/h12-14H,4-11H2,1-3H3,(H,17,18). The molecule has 1 unspecified atom stereocenters. The molecule has 0 aromatic carbocycles. The molecule has 114 valence electrons. The number of likely N-dealkylation sites (tertiary alicyclic amines) is 1. The predicted octanol–water partition coefficient (Wildman–Crippen LogP) is 2.25. The van der Waals surface area contributed by atoms with Gasteiger partial charge in [0.25, 0.3) is 0 Å². The molecule has 2 aliphatic carbocycles. The molecule has 0 aromatic rings. The fourth-order valence-corrected chi connectivity index (χ4v) is 2.96. The number of hydrogen-bond donors (Lipinski definition) is 1. The van der Waals surface area contributed by atoms with Crippen LogP contribution in [0.15, 0.2) is 4.99 Å². The monoisotopic (exact) mass is 279 g/mol. The zero-order chi connectivity index (χ0) is 14.2. The molecule has 3 fully saturated rings. The predicted molar refractivity (Wildman–Crippen MR) is 82.0 cm³/mol. The maximum absolute atomic E-state index is 6.01. The van der Waals surface area contributed by atoms with Crippen molar-refractivity contribution in [2.45, 2.75) is 58.1 Å². The van der Waals surface area contributed by atoms with Crippen molar-refractivity contribution in [1.82, 2.24) is 10.2 Å². The normalized spacial score (nSPS) is 30.4. The Hall–Kier alpha value is -0.770. The lowest BCUT2D eigenvalue weighted by molar-refractivity contribution is 0.0130. The lowest BCUT2D eigenvalue weighted by Crippen LogP contribution is -2.48. The topological polar surface area (TPSA) is 36.9 Å². The molecule has 0 bridgehead atoms. The van der Waals surface area contributed by atoms with Gasteiger partial charge in [0.15, 0.2) is 5.96 Å². The van der Waals surface area contributed by atoms with Crippen LogP contribution in [0, 0.1) is 11.3 Å². The molecule has 1 heterocycles. The molecular formula is C16H29N3O. The number of guanidine groups is 1. The average molecular weight is 279 g/mol. The number of ether oxygens (including phenoxy) is 1. The van der Waals surface area contributed by atoms with Gasteiger partial charge in [-0.2, -0.15) is 0 Å². The summed E-state index contributed by atoms with van der Waals surface area (Å²) in [7, 11) is 1.90. The first-order chi connectivity index (χ1) is 9.58. The van der Waals surface area contributed by atoms with Crippen molar-refractivity contribution in [2.75, 3.05) is 26.7 Å². The van der Waals surface area contributed by atoms with Crippen LogP contribution in [-0.4, -0.2) is 49.7 Å². The Balaban J connectivity index is 1.41. The van der Waals surface area contributed by atoms with Crippen molar-refractivity contribution < 1.29 is 4.74 Å². The van der Waals surface area contributed by atoms with E-state index in [0.29, 0.717) is 17.6 Å². The Morgan fingerprint density at radius 3 is 2.40 bits per heavy atom. The molecule has 20 heavy (non-hydrogen) atoms. The van der Waals surface area contributed by atoms with Crippen LogP contribution in [0.3, 0.4) is 0 Å². The summed E-state index contributed by atoms with van der Waals surface area (Å²) in [4.78, 5) is 6.85. The summed E-state index contributed by atoms with van der Waals surface area (Å²) >= 11 is 0. The van der Waals surface area contributed by atoms with Gasteiger partial charge in [-0.05, 0) is 43.4 Å². The van der Waals surface area contributed by atoms with Gasteiger partial charge < -0.3 is 15.0 Å². The highest BCUT2D eigenvalue weighted by molar-refractivity contribution is 5.80. The first kappa shape index (κ1) is 14.2. The second-order valence-corrected chi connectivity index (χ2v) is 7.40. The number of piperidine rings is 1. The molecule has 0 spiro atoms. The minimum Gasteiger partial charge on any atom is -0.378 e. The third-order valence-corrected chi connectivity index (χ3v) is 5.03. The van der Waals surface area contributed by atoms with Crippen molar-refractivity contribution in [3.8, 4) is 0 Å². The van der Waals surface area contributed by atoms with Gasteiger partial charge in [0, 0.05) is 32.8 Å². The third kappa shape index (κ3) is 3.46. The highest BCUT2D eigenvalue weighted by Crippen LogP contribution is 2.44. The number of rotatable bonds is 4. The van der Waals surface area contributed by atoms with Crippen LogP contribution in [0.25, 0.3) is 0 Å². The summed E-state index contributed by atoms with van der Waals surface area (Å²) in [6, 6.07) is 0.602. The average Bonchev–Trinajstić information content (AvgIpc) is 3.34. The van der Waals surface area contributed by atoms with Gasteiger partial charge in [-0.15, -0.1) is 0 Å². The van der Waals surface area contributed by atoms with E-state index in [-0.39, 0.29) is 0 Å². The summed E-state index contributed by atoms with van der Waals surface area (Å²) in [5.41, 5.74) is 0.446. The van der Waals surface area contributed by atoms with Gasteiger partial charge in [0.1, 0.15) is 0 Å². The van der Waals surface area contributed by atoms with E-state index in [1.807, 2.05) is 7.05 Å². The summed E-state index contributed by atoms with van der Waals surface area (Å²) in [5, 5.41) is 3.61. The van der Waals surface area contributed by atoms with Crippen molar-refractivity contribution in [2.24, 2.45) is 16.3 Å². The van der Waals surface area contributed by atoms with E-state index in [1.165, 1.54) is 19.3 Å². The van der Waals surface area contributed by atoms with Crippen LogP contribution >= 0.6 is 0 Å². The fourth-order valence-electron chi connectivity index (χ4n) is 2.96. The van der Waals surface area contributed by atoms with Crippen molar-refractivity contribution in [3.63, 3.8) is 0 Å². The van der Waals surface area contributed by atoms with E-state index in [4.69, 9.17) is 4.74 Å². The van der Waals surface area contributed by atoms with Crippen LogP contribution in [0.4, 0.5) is 0 Å². The Morgan fingerprint density at radius 2 is 1.90 bits per heavy atom. The SMILES string of the molecule is CN=C(NC1CC1(C)C)N1CCC(OCC2CC2)CC1. The zero-order valence-corrected chi connectivity index (χ0v) is 13.2. The van der Waals surface area contributed by atoms with E-state index >= 15 is 0 Å². The number of nitrogens with zero attached hydrogens (tertiary/aromatic N) is 2. The van der Waals surface area contributed by atoms with E-state index in [2.05, 4.69) is 29.1 Å². The first-order valence-electron chi connectivity index (χ1n) is 8.18. The lowest BCUT2D eigenvalue weighted by Gasteiger charge is -2.34. The maximum atomic E-state index is 6.01. The van der Waals surface area contributed by atoms with Gasteiger partial charge in [-0.25, -0.2) is 0 Å². The van der Waals surface area contributed by atoms with Gasteiger partial charge >= 0.3 is 0 Å². The molecule has 4 heteroatoms. The number of hydrogen-bond acceptors (Lipinski definition) is 2. The lowest BCUT2D eigenvalue weighted by atomic mass is 10.1. The molecule has 0 amide bonds. The Morgan fingerprint density at radius 1 is 1.25 bits per heavy atom. The molecule has 0 aromatic heterocycles. The van der Waals surface area contributed by atoms with Crippen LogP contribution in [0.2, 0.25) is 0 Å². The van der Waals surface area contributed by atoms with Crippen molar-refractivity contribution in [3.05, 3.63) is 0 Å². The summed E-state index contributed by atoms with van der Waals surface area (Å²) < 4.78 is 6.01. The molecule has 1 saturated heterocycles. The molecule has 4 nitrogen and oxygen atoms in total. The van der Waals surface area contributed by atoms with Crippen LogP contribution < -0.4 is 5.32 Å². The van der Waals surface area contributed by atoms with E-state index in [0.717, 1.165) is 44.4 Å². The minimum atomic E-state index is 0.446. The second-order valence-electron chi connectivity index (χ2n) is 7.40. The molecule has 3 rings (SSSR count). The highest BCUT2D eigenvalue weighted by atomic mass is 16.5. The molecule has 1 N–H and O–H groups in total. The Bertz CT molecular complexity index is 368. The number of nitrogens with one attached hydrogen (secondary N) is 1. The molecule has 0 radical (unpaired) electrons. The number of aliphatic imine (C=N–C) groups is 1. The third-order valence-electron chi connectivity index (χ3n) is 5.03. The quantitative estimate of drug-likeness (QED) is 0.633. The Labute approximate surface area is 123 Å². The van der Waals surface area contributed by atoms with E-state index < -0.39 is 0 Å². The molecule has 3 aliphatic rings. The van der Waals surface area contributed by atoms with Crippen LogP contribution in [0.5, 0.6) is 0 Å². The van der Waals surface area contributed by atoms with Gasteiger partial charge in [-0.3, -0.25) is 4.99 Å². The van der Waals surface area contributed by atoms with Crippen LogP contribution in [0.1, 0.15) is 46.0 Å². The summed E-state index contributed by atoms with van der Waals surface area (Å²) in [6.07, 6.45) is 6.78. The summed E-state index contributed by atoms with van der Waals surface area (Å²) in [6.45, 7) is 7.77. The van der Waals surface area contributed by atoms with Crippen LogP contribution in [-0.2, 0) is 4.74 Å². The van der Waals surface area contributed by atoms with E-state index in [1.54, 1.807) is 0 Å². The van der Waals surface area contributed by atoms with Crippen molar-refractivity contribution >= 4 is 5.96 Å². The maximum Gasteiger partial charge on any atom is 0.193 e. The largest absolute Gasteiger partial charge is 0.378 e. The highest BCUT2D eigenvalue weighted by Gasteiger charge is 2.46. The minimum absolute atomic E-state index is 0.446. The van der Waals surface area contributed by atoms with Crippen molar-refractivity contribution in [1.29, 1.82) is 0 Å². The molecule has 2 saturated carbocycles. The smallest absolute Gasteiger partial charge is 0.193 e. The summed E-state index contributed by atoms with van der Waals surface area (Å²) in [5.74, 6) is 1.96. The zero-order valence-electron chi connectivity index (χ0n) is 13.2. The Kier molecular flexibility index (Phi) is 3.93. The molecule has 1 aliphatic heterocycles. The first-order valence-corrected chi connectivity index (χ1v) is 8.18. The molecule has 1 atom stereocenters.